The van der Waals surface area contributed by atoms with Gasteiger partial charge in [-0.3, -0.25) is 4.79 Å². The van der Waals surface area contributed by atoms with Crippen LogP contribution in [0, 0.1) is 5.82 Å². The van der Waals surface area contributed by atoms with Crippen molar-refractivity contribution in [1.82, 2.24) is 5.32 Å². The second-order valence-corrected chi connectivity index (χ2v) is 4.23. The minimum Gasteiger partial charge on any atom is -0.508 e. The number of hydrogen-bond acceptors (Lipinski definition) is 2. The van der Waals surface area contributed by atoms with Crippen LogP contribution in [-0.4, -0.2) is 11.0 Å². The van der Waals surface area contributed by atoms with Gasteiger partial charge in [0.2, 0.25) is 5.91 Å². The number of aromatic hydroxyl groups is 1. The van der Waals surface area contributed by atoms with Crippen LogP contribution in [0.1, 0.15) is 11.1 Å². The Morgan fingerprint density at radius 1 is 1.15 bits per heavy atom. The number of amides is 1. The average Bonchev–Trinajstić information content (AvgIpc) is 2.46. The molecule has 0 atom stereocenters. The van der Waals surface area contributed by atoms with Crippen molar-refractivity contribution in [3.8, 4) is 5.75 Å². The number of carbonyl (C=O) groups excluding carboxylic acids is 1. The fraction of sp³-hybridized carbons (Fsp3) is 0.0625. The highest BCUT2D eigenvalue weighted by Gasteiger charge is 2.01. The van der Waals surface area contributed by atoms with Crippen molar-refractivity contribution in [1.29, 1.82) is 0 Å². The summed E-state index contributed by atoms with van der Waals surface area (Å²) in [7, 11) is 0. The van der Waals surface area contributed by atoms with E-state index in [1.165, 1.54) is 24.3 Å². The first-order valence-corrected chi connectivity index (χ1v) is 6.13. The predicted molar refractivity (Wildman–Crippen MR) is 75.4 cm³/mol. The molecular weight excluding hydrogens is 257 g/mol. The normalized spacial score (nSPS) is 10.7. The number of rotatable bonds is 4. The summed E-state index contributed by atoms with van der Waals surface area (Å²) in [4.78, 5) is 11.6. The fourth-order valence-corrected chi connectivity index (χ4v) is 1.64. The highest BCUT2D eigenvalue weighted by Crippen LogP contribution is 2.10. The standard InChI is InChI=1S/C16H14FNO2/c17-15-4-2-1-3-13(15)11-18-16(20)10-7-12-5-8-14(19)9-6-12/h1-10,19H,11H2,(H,18,20)/b10-7+. The summed E-state index contributed by atoms with van der Waals surface area (Å²) in [5.41, 5.74) is 1.24. The van der Waals surface area contributed by atoms with Gasteiger partial charge in [-0.2, -0.15) is 0 Å². The van der Waals surface area contributed by atoms with E-state index < -0.39 is 0 Å². The van der Waals surface area contributed by atoms with E-state index in [4.69, 9.17) is 5.11 Å². The van der Waals surface area contributed by atoms with Crippen LogP contribution in [-0.2, 0) is 11.3 Å². The van der Waals surface area contributed by atoms with Crippen molar-refractivity contribution in [2.75, 3.05) is 0 Å². The van der Waals surface area contributed by atoms with Gasteiger partial charge in [-0.25, -0.2) is 4.39 Å². The smallest absolute Gasteiger partial charge is 0.244 e. The molecule has 0 radical (unpaired) electrons. The molecule has 2 aromatic carbocycles. The minimum absolute atomic E-state index is 0.144. The molecule has 0 saturated heterocycles. The van der Waals surface area contributed by atoms with Crippen LogP contribution in [0.2, 0.25) is 0 Å². The molecule has 0 bridgehead atoms. The predicted octanol–water partition coefficient (Wildman–Crippen LogP) is 2.86. The van der Waals surface area contributed by atoms with Gasteiger partial charge in [-0.1, -0.05) is 30.3 Å². The first-order valence-electron chi connectivity index (χ1n) is 6.13. The van der Waals surface area contributed by atoms with Gasteiger partial charge in [0.05, 0.1) is 0 Å². The topological polar surface area (TPSA) is 49.3 Å². The highest BCUT2D eigenvalue weighted by atomic mass is 19.1. The number of nitrogens with one attached hydrogen (secondary N) is 1. The van der Waals surface area contributed by atoms with E-state index >= 15 is 0 Å². The number of halogens is 1. The second-order valence-electron chi connectivity index (χ2n) is 4.23. The molecule has 20 heavy (non-hydrogen) atoms. The maximum absolute atomic E-state index is 13.3. The molecule has 0 saturated carbocycles. The zero-order valence-electron chi connectivity index (χ0n) is 10.7. The maximum atomic E-state index is 13.3. The Bertz CT molecular complexity index is 621. The van der Waals surface area contributed by atoms with Crippen molar-refractivity contribution in [3.05, 3.63) is 71.6 Å². The maximum Gasteiger partial charge on any atom is 0.244 e. The average molecular weight is 271 g/mol. The highest BCUT2D eigenvalue weighted by molar-refractivity contribution is 5.91. The zero-order chi connectivity index (χ0) is 14.4. The van der Waals surface area contributed by atoms with Crippen LogP contribution in [0.3, 0.4) is 0 Å². The van der Waals surface area contributed by atoms with Crippen LogP contribution in [0.25, 0.3) is 6.08 Å². The van der Waals surface area contributed by atoms with E-state index in [1.807, 2.05) is 0 Å². The molecule has 1 amide bonds. The van der Waals surface area contributed by atoms with Crippen LogP contribution < -0.4 is 5.32 Å². The van der Waals surface area contributed by atoms with Crippen LogP contribution in [0.5, 0.6) is 5.75 Å². The van der Waals surface area contributed by atoms with E-state index in [2.05, 4.69) is 5.32 Å². The molecule has 2 aromatic rings. The van der Waals surface area contributed by atoms with Gasteiger partial charge in [0.25, 0.3) is 0 Å². The molecule has 0 spiro atoms. The van der Waals surface area contributed by atoms with Crippen LogP contribution >= 0.6 is 0 Å². The molecule has 4 heteroatoms. The van der Waals surface area contributed by atoms with E-state index in [0.717, 1.165) is 5.56 Å². The molecule has 0 aliphatic heterocycles. The van der Waals surface area contributed by atoms with Crippen molar-refractivity contribution in [3.63, 3.8) is 0 Å². The van der Waals surface area contributed by atoms with Crippen molar-refractivity contribution in [2.45, 2.75) is 6.54 Å². The molecule has 2 rings (SSSR count). The Kier molecular flexibility index (Phi) is 4.50. The molecule has 0 aliphatic carbocycles. The number of phenolic OH excluding ortho intramolecular Hbond substituents is 1. The van der Waals surface area contributed by atoms with Gasteiger partial charge in [0.15, 0.2) is 0 Å². The molecule has 0 heterocycles. The van der Waals surface area contributed by atoms with Crippen LogP contribution in [0.4, 0.5) is 4.39 Å². The number of benzene rings is 2. The summed E-state index contributed by atoms with van der Waals surface area (Å²) in [5, 5.41) is 11.7. The molecule has 102 valence electrons. The monoisotopic (exact) mass is 271 g/mol. The van der Waals surface area contributed by atoms with E-state index in [-0.39, 0.29) is 24.0 Å². The summed E-state index contributed by atoms with van der Waals surface area (Å²) in [6.45, 7) is 0.144. The molecule has 0 aromatic heterocycles. The summed E-state index contributed by atoms with van der Waals surface area (Å²) in [6, 6.07) is 12.8. The van der Waals surface area contributed by atoms with E-state index in [1.54, 1.807) is 36.4 Å². The van der Waals surface area contributed by atoms with E-state index in [9.17, 15) is 9.18 Å². The first kappa shape index (κ1) is 13.8. The largest absolute Gasteiger partial charge is 0.508 e. The number of phenols is 1. The Morgan fingerprint density at radius 3 is 2.55 bits per heavy atom. The summed E-state index contributed by atoms with van der Waals surface area (Å²) < 4.78 is 13.3. The Labute approximate surface area is 116 Å². The molecule has 3 nitrogen and oxygen atoms in total. The first-order chi connectivity index (χ1) is 9.65. The second kappa shape index (κ2) is 6.52. The fourth-order valence-electron chi connectivity index (χ4n) is 1.64. The molecule has 0 fully saturated rings. The zero-order valence-corrected chi connectivity index (χ0v) is 10.7. The number of carbonyl (C=O) groups is 1. The third-order valence-electron chi connectivity index (χ3n) is 2.73. The van der Waals surface area contributed by atoms with Crippen molar-refractivity contribution >= 4 is 12.0 Å². The Morgan fingerprint density at radius 2 is 1.85 bits per heavy atom. The van der Waals surface area contributed by atoms with Gasteiger partial charge < -0.3 is 10.4 Å². The lowest BCUT2D eigenvalue weighted by atomic mass is 10.2. The number of hydrogen-bond donors (Lipinski definition) is 2. The lowest BCUT2D eigenvalue weighted by Crippen LogP contribution is -2.20. The third kappa shape index (κ3) is 3.95. The van der Waals surface area contributed by atoms with Crippen molar-refractivity contribution in [2.24, 2.45) is 0 Å². The molecule has 2 N–H and O–H groups in total. The Hall–Kier alpha value is -2.62. The van der Waals surface area contributed by atoms with Gasteiger partial charge >= 0.3 is 0 Å². The minimum atomic E-state index is -0.338. The van der Waals surface area contributed by atoms with E-state index in [0.29, 0.717) is 5.56 Å². The molecule has 0 aliphatic rings. The summed E-state index contributed by atoms with van der Waals surface area (Å²) >= 11 is 0. The molecular formula is C16H14FNO2. The van der Waals surface area contributed by atoms with Gasteiger partial charge in [0.1, 0.15) is 11.6 Å². The molecule has 0 unspecified atom stereocenters. The summed E-state index contributed by atoms with van der Waals surface area (Å²) in [5.74, 6) is -0.470. The van der Waals surface area contributed by atoms with Gasteiger partial charge in [0, 0.05) is 18.2 Å². The van der Waals surface area contributed by atoms with Crippen LogP contribution in [0.15, 0.2) is 54.6 Å². The lowest BCUT2D eigenvalue weighted by molar-refractivity contribution is -0.116. The summed E-state index contributed by atoms with van der Waals surface area (Å²) in [6.07, 6.45) is 2.99. The SMILES string of the molecule is O=C(/C=C/c1ccc(O)cc1)NCc1ccccc1F. The van der Waals surface area contributed by atoms with Gasteiger partial charge in [-0.15, -0.1) is 0 Å². The Balaban J connectivity index is 1.90. The van der Waals surface area contributed by atoms with Crippen molar-refractivity contribution < 1.29 is 14.3 Å². The third-order valence-corrected chi connectivity index (χ3v) is 2.73. The van der Waals surface area contributed by atoms with Gasteiger partial charge in [-0.05, 0) is 29.8 Å². The lowest BCUT2D eigenvalue weighted by Gasteiger charge is -2.03. The quantitative estimate of drug-likeness (QED) is 0.840.